The van der Waals surface area contributed by atoms with E-state index in [-0.39, 0.29) is 11.9 Å². The lowest BCUT2D eigenvalue weighted by Crippen LogP contribution is -2.31. The summed E-state index contributed by atoms with van der Waals surface area (Å²) in [6, 6.07) is 6.08. The highest BCUT2D eigenvalue weighted by atomic mass is 19.1. The predicted octanol–water partition coefficient (Wildman–Crippen LogP) is 3.48. The molecule has 1 saturated heterocycles. The minimum absolute atomic E-state index is 0.0880. The van der Waals surface area contributed by atoms with E-state index < -0.39 is 0 Å². The van der Waals surface area contributed by atoms with E-state index in [4.69, 9.17) is 0 Å². The van der Waals surface area contributed by atoms with Gasteiger partial charge in [-0.2, -0.15) is 0 Å². The predicted molar refractivity (Wildman–Crippen MR) is 74.5 cm³/mol. The summed E-state index contributed by atoms with van der Waals surface area (Å²) in [5.74, 6) is -0.0880. The van der Waals surface area contributed by atoms with Crippen LogP contribution < -0.4 is 10.2 Å². The average molecular weight is 250 g/mol. The first-order chi connectivity index (χ1) is 8.69. The maximum atomic E-state index is 14.2. The van der Waals surface area contributed by atoms with Crippen LogP contribution in [0.15, 0.2) is 18.2 Å². The first-order valence-electron chi connectivity index (χ1n) is 6.91. The van der Waals surface area contributed by atoms with Gasteiger partial charge in [0.1, 0.15) is 5.82 Å². The van der Waals surface area contributed by atoms with Crippen molar-refractivity contribution in [3.05, 3.63) is 29.6 Å². The largest absolute Gasteiger partial charge is 0.366 e. The van der Waals surface area contributed by atoms with E-state index in [1.54, 1.807) is 12.1 Å². The molecule has 2 nitrogen and oxygen atoms in total. The normalized spacial score (nSPS) is 21.3. The fourth-order valence-electron chi connectivity index (χ4n) is 2.89. The second-order valence-corrected chi connectivity index (χ2v) is 5.09. The van der Waals surface area contributed by atoms with Crippen molar-refractivity contribution in [2.24, 2.45) is 0 Å². The zero-order valence-corrected chi connectivity index (χ0v) is 11.5. The van der Waals surface area contributed by atoms with Crippen molar-refractivity contribution in [3.63, 3.8) is 0 Å². The van der Waals surface area contributed by atoms with Crippen molar-refractivity contribution in [2.75, 3.05) is 18.5 Å². The first kappa shape index (κ1) is 13.3. The minimum atomic E-state index is -0.0880. The minimum Gasteiger partial charge on any atom is -0.366 e. The van der Waals surface area contributed by atoms with Gasteiger partial charge in [0.25, 0.3) is 0 Å². The summed E-state index contributed by atoms with van der Waals surface area (Å²) in [5.41, 5.74) is 1.88. The smallest absolute Gasteiger partial charge is 0.146 e. The van der Waals surface area contributed by atoms with E-state index in [1.807, 2.05) is 13.1 Å². The van der Waals surface area contributed by atoms with Crippen LogP contribution in [0.2, 0.25) is 0 Å². The topological polar surface area (TPSA) is 15.3 Å². The molecular weight excluding hydrogens is 227 g/mol. The molecule has 1 fully saturated rings. The van der Waals surface area contributed by atoms with E-state index in [9.17, 15) is 4.39 Å². The molecule has 18 heavy (non-hydrogen) atoms. The van der Waals surface area contributed by atoms with Crippen LogP contribution >= 0.6 is 0 Å². The van der Waals surface area contributed by atoms with Crippen LogP contribution in [0, 0.1) is 5.82 Å². The number of hydrogen-bond acceptors (Lipinski definition) is 2. The van der Waals surface area contributed by atoms with E-state index >= 15 is 0 Å². The highest BCUT2D eigenvalue weighted by molar-refractivity contribution is 5.57. The third-order valence-corrected chi connectivity index (χ3v) is 4.05. The molecule has 3 heteroatoms. The van der Waals surface area contributed by atoms with Crippen LogP contribution in [0.5, 0.6) is 0 Å². The summed E-state index contributed by atoms with van der Waals surface area (Å²) in [6.07, 6.45) is 3.43. The monoisotopic (exact) mass is 250 g/mol. The third-order valence-electron chi connectivity index (χ3n) is 4.05. The molecule has 0 saturated carbocycles. The number of para-hydroxylation sites is 1. The molecule has 1 N–H and O–H groups in total. The second kappa shape index (κ2) is 5.70. The average Bonchev–Trinajstić information content (AvgIpc) is 2.85. The molecule has 1 aromatic rings. The van der Waals surface area contributed by atoms with E-state index in [0.717, 1.165) is 24.2 Å². The highest BCUT2D eigenvalue weighted by Gasteiger charge is 2.28. The summed E-state index contributed by atoms with van der Waals surface area (Å²) in [7, 11) is 1.92. The van der Waals surface area contributed by atoms with Crippen LogP contribution in [0.3, 0.4) is 0 Å². The molecule has 1 aliphatic heterocycles. The molecule has 0 radical (unpaired) electrons. The Morgan fingerprint density at radius 2 is 2.28 bits per heavy atom. The molecular formula is C15H23FN2. The van der Waals surface area contributed by atoms with Crippen molar-refractivity contribution in [1.82, 2.24) is 5.32 Å². The summed E-state index contributed by atoms with van der Waals surface area (Å²) in [5, 5.41) is 3.21. The lowest BCUT2D eigenvalue weighted by molar-refractivity contribution is 0.580. The number of anilines is 1. The van der Waals surface area contributed by atoms with Crippen LogP contribution in [0.4, 0.5) is 10.1 Å². The van der Waals surface area contributed by atoms with E-state index in [1.165, 1.54) is 12.8 Å². The molecule has 0 spiro atoms. The van der Waals surface area contributed by atoms with Crippen LogP contribution in [0.25, 0.3) is 0 Å². The fraction of sp³-hybridized carbons (Fsp3) is 0.600. The highest BCUT2D eigenvalue weighted by Crippen LogP contribution is 2.35. The summed E-state index contributed by atoms with van der Waals surface area (Å²) >= 11 is 0. The van der Waals surface area contributed by atoms with Crippen LogP contribution in [-0.2, 0) is 0 Å². The summed E-state index contributed by atoms with van der Waals surface area (Å²) in [4.78, 5) is 2.26. The van der Waals surface area contributed by atoms with E-state index in [0.29, 0.717) is 6.04 Å². The van der Waals surface area contributed by atoms with Crippen LogP contribution in [0.1, 0.15) is 44.7 Å². The van der Waals surface area contributed by atoms with Gasteiger partial charge in [0.05, 0.1) is 5.69 Å². The Morgan fingerprint density at radius 3 is 2.94 bits per heavy atom. The maximum absolute atomic E-state index is 14.2. The maximum Gasteiger partial charge on any atom is 0.146 e. The third kappa shape index (κ3) is 2.37. The number of nitrogens with one attached hydrogen (secondary N) is 1. The van der Waals surface area contributed by atoms with E-state index in [2.05, 4.69) is 24.1 Å². The standard InChI is InChI=1S/C15H23FN2/c1-4-12-7-6-10-18(12)15-13(11(2)17-3)8-5-9-14(15)16/h5,8-9,11-12,17H,4,6-7,10H2,1-3H3. The van der Waals surface area contributed by atoms with Gasteiger partial charge in [-0.15, -0.1) is 0 Å². The SMILES string of the molecule is CCC1CCCN1c1c(F)cccc1C(C)NC. The van der Waals surface area contributed by atoms with Gasteiger partial charge in [0.2, 0.25) is 0 Å². The molecule has 0 amide bonds. The molecule has 0 aromatic heterocycles. The Kier molecular flexibility index (Phi) is 4.23. The quantitative estimate of drug-likeness (QED) is 0.880. The zero-order valence-electron chi connectivity index (χ0n) is 11.5. The fourth-order valence-corrected chi connectivity index (χ4v) is 2.89. The summed E-state index contributed by atoms with van der Waals surface area (Å²) < 4.78 is 14.2. The Bertz CT molecular complexity index is 405. The van der Waals surface area contributed by atoms with Gasteiger partial charge in [-0.3, -0.25) is 0 Å². The number of benzene rings is 1. The van der Waals surface area contributed by atoms with Crippen molar-refractivity contribution >= 4 is 5.69 Å². The lowest BCUT2D eigenvalue weighted by atomic mass is 10.0. The Balaban J connectivity index is 2.41. The van der Waals surface area contributed by atoms with Gasteiger partial charge in [-0.25, -0.2) is 4.39 Å². The van der Waals surface area contributed by atoms with Gasteiger partial charge < -0.3 is 10.2 Å². The van der Waals surface area contributed by atoms with Gasteiger partial charge >= 0.3 is 0 Å². The van der Waals surface area contributed by atoms with Gasteiger partial charge in [0, 0.05) is 18.6 Å². The number of nitrogens with zero attached hydrogens (tertiary/aromatic N) is 1. The van der Waals surface area contributed by atoms with Crippen molar-refractivity contribution in [1.29, 1.82) is 0 Å². The Hall–Kier alpha value is -1.09. The first-order valence-corrected chi connectivity index (χ1v) is 6.91. The van der Waals surface area contributed by atoms with Crippen molar-refractivity contribution < 1.29 is 4.39 Å². The number of hydrogen-bond donors (Lipinski definition) is 1. The molecule has 0 bridgehead atoms. The van der Waals surface area contributed by atoms with Crippen LogP contribution in [-0.4, -0.2) is 19.6 Å². The molecule has 2 rings (SSSR count). The number of halogens is 1. The number of rotatable bonds is 4. The zero-order chi connectivity index (χ0) is 13.1. The molecule has 1 heterocycles. The molecule has 100 valence electrons. The molecule has 2 unspecified atom stereocenters. The van der Waals surface area contributed by atoms with Crippen molar-refractivity contribution in [3.8, 4) is 0 Å². The Labute approximate surface area is 109 Å². The molecule has 2 atom stereocenters. The van der Waals surface area contributed by atoms with Gasteiger partial charge in [-0.05, 0) is 44.9 Å². The van der Waals surface area contributed by atoms with Crippen molar-refractivity contribution in [2.45, 2.75) is 45.2 Å². The Morgan fingerprint density at radius 1 is 1.50 bits per heavy atom. The molecule has 1 aromatic carbocycles. The second-order valence-electron chi connectivity index (χ2n) is 5.09. The summed E-state index contributed by atoms with van der Waals surface area (Å²) in [6.45, 7) is 5.24. The lowest BCUT2D eigenvalue weighted by Gasteiger charge is -2.30. The molecule has 0 aliphatic carbocycles. The van der Waals surface area contributed by atoms with Gasteiger partial charge in [-0.1, -0.05) is 19.1 Å². The van der Waals surface area contributed by atoms with Gasteiger partial charge in [0.15, 0.2) is 0 Å². The molecule has 1 aliphatic rings.